The summed E-state index contributed by atoms with van der Waals surface area (Å²) >= 11 is 0. The number of aliphatic hydroxyl groups excluding tert-OH is 1. The quantitative estimate of drug-likeness (QED) is 0.924. The van der Waals surface area contributed by atoms with Crippen LogP contribution in [0.1, 0.15) is 31.1 Å². The Morgan fingerprint density at radius 2 is 1.76 bits per heavy atom. The van der Waals surface area contributed by atoms with Crippen LogP contribution < -0.4 is 0 Å². The highest BCUT2D eigenvalue weighted by atomic mass is 32.2. The Bertz CT molecular complexity index is 699. The van der Waals surface area contributed by atoms with Crippen molar-refractivity contribution in [3.05, 3.63) is 53.9 Å². The van der Waals surface area contributed by atoms with Crippen molar-refractivity contribution < 1.29 is 13.5 Å². The van der Waals surface area contributed by atoms with Gasteiger partial charge in [0.2, 0.25) is 0 Å². The smallest absolute Gasteiger partial charge is 0.175 e. The second kappa shape index (κ2) is 6.03. The van der Waals surface area contributed by atoms with E-state index >= 15 is 0 Å². The van der Waals surface area contributed by atoms with Gasteiger partial charge < -0.3 is 9.67 Å². The molecule has 4 nitrogen and oxygen atoms in total. The predicted octanol–water partition coefficient (Wildman–Crippen LogP) is 2.63. The number of sulfone groups is 1. The second-order valence-electron chi connectivity index (χ2n) is 5.72. The summed E-state index contributed by atoms with van der Waals surface area (Å²) in [5, 5.41) is 10.0. The lowest BCUT2D eigenvalue weighted by atomic mass is 10.0. The van der Waals surface area contributed by atoms with Gasteiger partial charge in [0.1, 0.15) is 0 Å². The van der Waals surface area contributed by atoms with Crippen LogP contribution in [0, 0.1) is 5.92 Å². The normalized spacial score (nSPS) is 13.6. The van der Waals surface area contributed by atoms with Gasteiger partial charge in [0.25, 0.3) is 0 Å². The van der Waals surface area contributed by atoms with Crippen LogP contribution in [0.3, 0.4) is 0 Å². The Balaban J connectivity index is 2.12. The first-order valence-corrected chi connectivity index (χ1v) is 8.79. The predicted molar refractivity (Wildman–Crippen MR) is 82.9 cm³/mol. The van der Waals surface area contributed by atoms with Crippen LogP contribution in [0.15, 0.2) is 47.6 Å². The van der Waals surface area contributed by atoms with E-state index in [1.165, 1.54) is 6.26 Å². The first-order valence-electron chi connectivity index (χ1n) is 6.90. The molecular weight excluding hydrogens is 286 g/mol. The summed E-state index contributed by atoms with van der Waals surface area (Å²) in [6.07, 6.45) is 4.59. The fourth-order valence-electron chi connectivity index (χ4n) is 2.17. The molecule has 0 fully saturated rings. The maximum absolute atomic E-state index is 11.4. The lowest BCUT2D eigenvalue weighted by Crippen LogP contribution is -2.04. The molecule has 1 aromatic carbocycles. The zero-order chi connectivity index (χ0) is 15.6. The van der Waals surface area contributed by atoms with Gasteiger partial charge in [-0.05, 0) is 35.2 Å². The molecule has 0 bridgehead atoms. The van der Waals surface area contributed by atoms with Crippen LogP contribution in [0.5, 0.6) is 0 Å². The number of aromatic nitrogens is 1. The molecule has 21 heavy (non-hydrogen) atoms. The summed E-state index contributed by atoms with van der Waals surface area (Å²) in [4.78, 5) is 0.328. The van der Waals surface area contributed by atoms with Crippen LogP contribution >= 0.6 is 0 Å². The van der Waals surface area contributed by atoms with Gasteiger partial charge in [0.15, 0.2) is 9.84 Å². The lowest BCUT2D eigenvalue weighted by Gasteiger charge is -2.12. The molecule has 2 rings (SSSR count). The monoisotopic (exact) mass is 307 g/mol. The molecule has 1 unspecified atom stereocenters. The van der Waals surface area contributed by atoms with Gasteiger partial charge in [-0.25, -0.2) is 8.42 Å². The molecule has 5 heteroatoms. The van der Waals surface area contributed by atoms with E-state index in [0.29, 0.717) is 11.4 Å². The van der Waals surface area contributed by atoms with Crippen molar-refractivity contribution in [1.29, 1.82) is 0 Å². The van der Waals surface area contributed by atoms with Gasteiger partial charge in [-0.1, -0.05) is 26.0 Å². The van der Waals surface area contributed by atoms with Crippen molar-refractivity contribution in [2.75, 3.05) is 6.26 Å². The third-order valence-electron chi connectivity index (χ3n) is 3.46. The van der Waals surface area contributed by atoms with E-state index in [1.807, 2.05) is 49.0 Å². The third kappa shape index (κ3) is 3.95. The topological polar surface area (TPSA) is 59.3 Å². The number of hydrogen-bond donors (Lipinski definition) is 1. The minimum absolute atomic E-state index is 0.176. The summed E-state index contributed by atoms with van der Waals surface area (Å²) < 4.78 is 24.8. The van der Waals surface area contributed by atoms with Gasteiger partial charge in [-0.3, -0.25) is 0 Å². The minimum Gasteiger partial charge on any atom is -0.388 e. The molecule has 0 saturated carbocycles. The number of benzene rings is 1. The average molecular weight is 307 g/mol. The van der Waals surface area contributed by atoms with Crippen molar-refractivity contribution in [2.24, 2.45) is 5.92 Å². The molecule has 0 aliphatic carbocycles. The molecule has 0 amide bonds. The molecule has 0 aliphatic heterocycles. The first kappa shape index (κ1) is 15.8. The molecule has 1 aromatic heterocycles. The molecule has 0 spiro atoms. The van der Waals surface area contributed by atoms with E-state index in [-0.39, 0.29) is 5.92 Å². The van der Waals surface area contributed by atoms with Crippen LogP contribution in [0.2, 0.25) is 0 Å². The zero-order valence-electron chi connectivity index (χ0n) is 12.5. The molecule has 1 N–H and O–H groups in total. The summed E-state index contributed by atoms with van der Waals surface area (Å²) in [7, 11) is -3.15. The Kier molecular flexibility index (Phi) is 4.54. The fourth-order valence-corrected chi connectivity index (χ4v) is 2.80. The molecular formula is C16H21NO3S. The third-order valence-corrected chi connectivity index (χ3v) is 4.59. The molecule has 1 heterocycles. The molecule has 0 radical (unpaired) electrons. The highest BCUT2D eigenvalue weighted by Crippen LogP contribution is 2.22. The van der Waals surface area contributed by atoms with E-state index in [9.17, 15) is 13.5 Å². The number of aliphatic hydroxyl groups is 1. The van der Waals surface area contributed by atoms with Crippen LogP contribution in [-0.4, -0.2) is 24.3 Å². The Morgan fingerprint density at radius 1 is 1.14 bits per heavy atom. The number of hydrogen-bond acceptors (Lipinski definition) is 3. The molecule has 0 aliphatic rings. The van der Waals surface area contributed by atoms with Crippen molar-refractivity contribution in [1.82, 2.24) is 4.57 Å². The summed E-state index contributed by atoms with van der Waals surface area (Å²) in [5.74, 6) is 0.176. The number of nitrogens with zero attached hydrogens (tertiary/aromatic N) is 1. The largest absolute Gasteiger partial charge is 0.388 e. The maximum atomic E-state index is 11.4. The van der Waals surface area contributed by atoms with E-state index in [0.717, 1.165) is 11.1 Å². The zero-order valence-corrected chi connectivity index (χ0v) is 13.3. The van der Waals surface area contributed by atoms with Gasteiger partial charge in [-0.15, -0.1) is 0 Å². The van der Waals surface area contributed by atoms with E-state index in [2.05, 4.69) is 0 Å². The van der Waals surface area contributed by atoms with E-state index in [4.69, 9.17) is 0 Å². The molecule has 1 atom stereocenters. The Labute approximate surface area is 126 Å². The van der Waals surface area contributed by atoms with Gasteiger partial charge in [-0.2, -0.15) is 0 Å². The summed E-state index contributed by atoms with van der Waals surface area (Å²) in [5.41, 5.74) is 1.92. The Hall–Kier alpha value is -1.59. The van der Waals surface area contributed by atoms with Gasteiger partial charge >= 0.3 is 0 Å². The summed E-state index contributed by atoms with van der Waals surface area (Å²) in [6.45, 7) is 4.60. The van der Waals surface area contributed by atoms with Crippen LogP contribution in [0.25, 0.3) is 0 Å². The standard InChI is InChI=1S/C16H21NO3S/c1-12(2)16(18)14-8-9-17(11-14)10-13-4-6-15(7-5-13)21(3,19)20/h4-9,11-12,16,18H,10H2,1-3H3. The average Bonchev–Trinajstić information content (AvgIpc) is 2.85. The fraction of sp³-hybridized carbons (Fsp3) is 0.375. The van der Waals surface area contributed by atoms with Gasteiger partial charge in [0.05, 0.1) is 11.0 Å². The van der Waals surface area contributed by atoms with Crippen molar-refractivity contribution in [3.63, 3.8) is 0 Å². The highest BCUT2D eigenvalue weighted by molar-refractivity contribution is 7.90. The molecule has 114 valence electrons. The second-order valence-corrected chi connectivity index (χ2v) is 7.74. The Morgan fingerprint density at radius 3 is 2.29 bits per heavy atom. The minimum atomic E-state index is -3.15. The van der Waals surface area contributed by atoms with Crippen LogP contribution in [0.4, 0.5) is 0 Å². The maximum Gasteiger partial charge on any atom is 0.175 e. The first-order chi connectivity index (χ1) is 9.77. The highest BCUT2D eigenvalue weighted by Gasteiger charge is 2.13. The van der Waals surface area contributed by atoms with Gasteiger partial charge in [0, 0.05) is 25.2 Å². The molecule has 0 saturated heterocycles. The van der Waals surface area contributed by atoms with E-state index < -0.39 is 15.9 Å². The number of rotatable bonds is 5. The molecule has 2 aromatic rings. The van der Waals surface area contributed by atoms with Crippen molar-refractivity contribution in [3.8, 4) is 0 Å². The van der Waals surface area contributed by atoms with E-state index in [1.54, 1.807) is 12.1 Å². The summed E-state index contributed by atoms with van der Waals surface area (Å²) in [6, 6.07) is 8.79. The lowest BCUT2D eigenvalue weighted by molar-refractivity contribution is 0.127. The van der Waals surface area contributed by atoms with Crippen LogP contribution in [-0.2, 0) is 16.4 Å². The van der Waals surface area contributed by atoms with Crippen molar-refractivity contribution >= 4 is 9.84 Å². The SMILES string of the molecule is CC(C)C(O)c1ccn(Cc2ccc(S(C)(=O)=O)cc2)c1. The van der Waals surface area contributed by atoms with Crippen molar-refractivity contribution in [2.45, 2.75) is 31.4 Å².